The van der Waals surface area contributed by atoms with Gasteiger partial charge < -0.3 is 18.8 Å². The molecule has 1 amide bonds. The normalized spacial score (nSPS) is 13.1. The van der Waals surface area contributed by atoms with Crippen molar-refractivity contribution in [2.24, 2.45) is 4.99 Å². The summed E-state index contributed by atoms with van der Waals surface area (Å²) in [4.78, 5) is 29.8. The van der Waals surface area contributed by atoms with Gasteiger partial charge in [0.25, 0.3) is 5.91 Å². The molecule has 8 heteroatoms. The Morgan fingerprint density at radius 1 is 1.17 bits per heavy atom. The summed E-state index contributed by atoms with van der Waals surface area (Å²) in [5, 5.41) is 0. The average molecular weight is 426 g/mol. The summed E-state index contributed by atoms with van der Waals surface area (Å²) in [6.07, 6.45) is 0.180. The van der Waals surface area contributed by atoms with E-state index < -0.39 is 0 Å². The van der Waals surface area contributed by atoms with Crippen molar-refractivity contribution in [1.82, 2.24) is 4.57 Å². The van der Waals surface area contributed by atoms with Crippen LogP contribution in [0.4, 0.5) is 0 Å². The van der Waals surface area contributed by atoms with Crippen LogP contribution in [0.1, 0.15) is 34.8 Å². The molecule has 0 spiro atoms. The second-order valence-corrected chi connectivity index (χ2v) is 8.01. The number of esters is 1. The largest absolute Gasteiger partial charge is 0.466 e. The Balaban J connectivity index is 1.80. The minimum absolute atomic E-state index is 0.178. The molecule has 1 aromatic heterocycles. The van der Waals surface area contributed by atoms with Crippen LogP contribution in [0, 0.1) is 13.8 Å². The quantitative estimate of drug-likeness (QED) is 0.581. The fourth-order valence-corrected chi connectivity index (χ4v) is 4.38. The number of carbonyl (C=O) groups excluding carboxylic acids is 2. The number of nitrogens with zero attached hydrogens (tertiary/aromatic N) is 2. The maximum Gasteiger partial charge on any atom is 0.307 e. The Bertz CT molecular complexity index is 1210. The van der Waals surface area contributed by atoms with Crippen molar-refractivity contribution >= 4 is 33.4 Å². The van der Waals surface area contributed by atoms with Crippen molar-refractivity contribution in [2.45, 2.75) is 33.7 Å². The molecule has 2 heterocycles. The first-order valence-electron chi connectivity index (χ1n) is 9.71. The summed E-state index contributed by atoms with van der Waals surface area (Å²) in [7, 11) is 0. The molecular formula is C22H22N2O5S. The predicted octanol–water partition coefficient (Wildman–Crippen LogP) is 3.74. The van der Waals surface area contributed by atoms with E-state index in [4.69, 9.17) is 14.2 Å². The zero-order valence-corrected chi connectivity index (χ0v) is 17.9. The predicted molar refractivity (Wildman–Crippen MR) is 113 cm³/mol. The molecule has 1 aliphatic rings. The number of hydrogen-bond donors (Lipinski definition) is 0. The minimum atomic E-state index is -0.312. The number of thiazole rings is 1. The highest BCUT2D eigenvalue weighted by atomic mass is 32.1. The number of aromatic nitrogens is 1. The maximum atomic E-state index is 12.9. The fourth-order valence-electron chi connectivity index (χ4n) is 3.31. The molecule has 2 aromatic carbocycles. The molecule has 0 N–H and O–H groups in total. The van der Waals surface area contributed by atoms with Crippen molar-refractivity contribution in [3.63, 3.8) is 0 Å². The van der Waals surface area contributed by atoms with E-state index in [0.29, 0.717) is 35.0 Å². The van der Waals surface area contributed by atoms with Gasteiger partial charge in [-0.2, -0.15) is 4.99 Å². The van der Waals surface area contributed by atoms with Crippen LogP contribution in [0.2, 0.25) is 0 Å². The summed E-state index contributed by atoms with van der Waals surface area (Å²) in [5.41, 5.74) is 3.27. The average Bonchev–Trinajstić information content (AvgIpc) is 3.30. The number of carbonyl (C=O) groups is 2. The summed E-state index contributed by atoms with van der Waals surface area (Å²) >= 11 is 1.38. The van der Waals surface area contributed by atoms with Crippen LogP contribution < -0.4 is 14.3 Å². The Labute approximate surface area is 177 Å². The summed E-state index contributed by atoms with van der Waals surface area (Å²) < 4.78 is 18.8. The van der Waals surface area contributed by atoms with Gasteiger partial charge >= 0.3 is 5.97 Å². The number of amides is 1. The summed E-state index contributed by atoms with van der Waals surface area (Å²) in [6, 6.07) is 9.46. The number of ether oxygens (including phenoxy) is 3. The number of hydrogen-bond acceptors (Lipinski definition) is 6. The lowest BCUT2D eigenvalue weighted by Gasteiger charge is -2.06. The second kappa shape index (κ2) is 8.31. The van der Waals surface area contributed by atoms with Crippen molar-refractivity contribution in [3.8, 4) is 11.5 Å². The zero-order chi connectivity index (χ0) is 21.3. The van der Waals surface area contributed by atoms with Gasteiger partial charge in [0.2, 0.25) is 6.79 Å². The highest BCUT2D eigenvalue weighted by Gasteiger charge is 2.19. The molecule has 0 saturated heterocycles. The van der Waals surface area contributed by atoms with Gasteiger partial charge in [0.05, 0.1) is 23.2 Å². The molecule has 0 atom stereocenters. The third-order valence-electron chi connectivity index (χ3n) is 4.84. The van der Waals surface area contributed by atoms with E-state index in [1.165, 1.54) is 11.3 Å². The van der Waals surface area contributed by atoms with E-state index in [9.17, 15) is 9.59 Å². The molecule has 0 fully saturated rings. The van der Waals surface area contributed by atoms with E-state index in [-0.39, 0.29) is 25.1 Å². The molecule has 0 radical (unpaired) electrons. The number of rotatable bonds is 5. The van der Waals surface area contributed by atoms with Gasteiger partial charge in [-0.1, -0.05) is 29.0 Å². The van der Waals surface area contributed by atoms with Crippen molar-refractivity contribution < 1.29 is 23.8 Å². The molecule has 0 bridgehead atoms. The first-order chi connectivity index (χ1) is 14.5. The van der Waals surface area contributed by atoms with Gasteiger partial charge in [-0.25, -0.2) is 0 Å². The molecule has 3 aromatic rings. The standard InChI is InChI=1S/C22H22N2O5S/c1-4-27-20(25)7-8-24-16-10-17-18(29-12-28-17)11-19(16)30-22(24)23-21(26)15-9-13(2)5-6-14(15)3/h5-6,9-11H,4,7-8,12H2,1-3H3. The highest BCUT2D eigenvalue weighted by Crippen LogP contribution is 2.37. The smallest absolute Gasteiger partial charge is 0.307 e. The van der Waals surface area contributed by atoms with Gasteiger partial charge in [0, 0.05) is 24.2 Å². The van der Waals surface area contributed by atoms with E-state index in [0.717, 1.165) is 21.3 Å². The molecule has 0 unspecified atom stereocenters. The molecule has 1 aliphatic heterocycles. The first-order valence-corrected chi connectivity index (χ1v) is 10.5. The minimum Gasteiger partial charge on any atom is -0.466 e. The highest BCUT2D eigenvalue weighted by molar-refractivity contribution is 7.16. The lowest BCUT2D eigenvalue weighted by Crippen LogP contribution is -2.19. The van der Waals surface area contributed by atoms with E-state index in [2.05, 4.69) is 4.99 Å². The van der Waals surface area contributed by atoms with Crippen LogP contribution in [0.3, 0.4) is 0 Å². The molecular weight excluding hydrogens is 404 g/mol. The SMILES string of the molecule is CCOC(=O)CCn1c(=NC(=O)c2cc(C)ccc2C)sc2cc3c(cc21)OCO3. The van der Waals surface area contributed by atoms with Crippen LogP contribution in [-0.2, 0) is 16.1 Å². The Morgan fingerprint density at radius 3 is 2.70 bits per heavy atom. The topological polar surface area (TPSA) is 79.1 Å². The Kier molecular flexibility index (Phi) is 5.59. The van der Waals surface area contributed by atoms with Gasteiger partial charge in [0.1, 0.15) is 0 Å². The molecule has 156 valence electrons. The van der Waals surface area contributed by atoms with Crippen molar-refractivity contribution in [1.29, 1.82) is 0 Å². The summed E-state index contributed by atoms with van der Waals surface area (Å²) in [5.74, 6) is 0.691. The fraction of sp³-hybridized carbons (Fsp3) is 0.318. The van der Waals surface area contributed by atoms with Crippen LogP contribution in [-0.4, -0.2) is 29.8 Å². The molecule has 0 saturated carbocycles. The molecule has 7 nitrogen and oxygen atoms in total. The molecule has 4 rings (SSSR count). The van der Waals surface area contributed by atoms with Gasteiger partial charge in [-0.05, 0) is 32.4 Å². The van der Waals surface area contributed by atoms with Crippen LogP contribution in [0.5, 0.6) is 11.5 Å². The van der Waals surface area contributed by atoms with Crippen LogP contribution >= 0.6 is 11.3 Å². The maximum absolute atomic E-state index is 12.9. The zero-order valence-electron chi connectivity index (χ0n) is 17.1. The first kappa shape index (κ1) is 20.2. The Morgan fingerprint density at radius 2 is 1.93 bits per heavy atom. The van der Waals surface area contributed by atoms with Gasteiger partial charge in [0.15, 0.2) is 16.3 Å². The lowest BCUT2D eigenvalue weighted by atomic mass is 10.1. The van der Waals surface area contributed by atoms with Crippen LogP contribution in [0.25, 0.3) is 10.2 Å². The second-order valence-electron chi connectivity index (χ2n) is 7.00. The number of fused-ring (bicyclic) bond motifs is 2. The van der Waals surface area contributed by atoms with E-state index in [1.807, 2.05) is 48.7 Å². The van der Waals surface area contributed by atoms with Gasteiger partial charge in [-0.15, -0.1) is 0 Å². The van der Waals surface area contributed by atoms with Crippen LogP contribution in [0.15, 0.2) is 35.3 Å². The summed E-state index contributed by atoms with van der Waals surface area (Å²) in [6.45, 7) is 6.46. The number of aryl methyl sites for hydroxylation is 3. The number of benzene rings is 2. The van der Waals surface area contributed by atoms with Gasteiger partial charge in [-0.3, -0.25) is 9.59 Å². The third kappa shape index (κ3) is 3.95. The third-order valence-corrected chi connectivity index (χ3v) is 5.88. The van der Waals surface area contributed by atoms with Crippen molar-refractivity contribution in [2.75, 3.05) is 13.4 Å². The monoisotopic (exact) mass is 426 g/mol. The molecule has 30 heavy (non-hydrogen) atoms. The Hall–Kier alpha value is -3.13. The van der Waals surface area contributed by atoms with E-state index >= 15 is 0 Å². The van der Waals surface area contributed by atoms with E-state index in [1.54, 1.807) is 6.92 Å². The lowest BCUT2D eigenvalue weighted by molar-refractivity contribution is -0.143. The molecule has 0 aliphatic carbocycles. The van der Waals surface area contributed by atoms with Crippen molar-refractivity contribution in [3.05, 3.63) is 51.8 Å².